The Morgan fingerprint density at radius 3 is 2.52 bits per heavy atom. The van der Waals surface area contributed by atoms with Gasteiger partial charge in [-0.05, 0) is 36.4 Å². The van der Waals surface area contributed by atoms with E-state index in [0.29, 0.717) is 28.9 Å². The largest absolute Gasteiger partial charge is 0.497 e. The first-order chi connectivity index (χ1) is 12.0. The van der Waals surface area contributed by atoms with Crippen molar-refractivity contribution < 1.29 is 23.2 Å². The van der Waals surface area contributed by atoms with E-state index >= 15 is 0 Å². The molecule has 2 aromatic carbocycles. The van der Waals surface area contributed by atoms with Crippen molar-refractivity contribution in [3.05, 3.63) is 54.1 Å². The third-order valence-corrected chi connectivity index (χ3v) is 4.29. The maximum atomic E-state index is 12.6. The number of thioether (sulfide) groups is 1. The number of carbonyl (C=O) groups excluding carboxylic acids is 1. The highest BCUT2D eigenvalue weighted by Crippen LogP contribution is 2.31. The van der Waals surface area contributed by atoms with Gasteiger partial charge in [0.2, 0.25) is 0 Å². The Kier molecular flexibility index (Phi) is 7.21. The number of alkyl halides is 2. The highest BCUT2D eigenvalue weighted by atomic mass is 32.2. The fraction of sp³-hybridized carbons (Fsp3) is 0.278. The van der Waals surface area contributed by atoms with E-state index in [1.54, 1.807) is 31.4 Å². The molecule has 25 heavy (non-hydrogen) atoms. The van der Waals surface area contributed by atoms with E-state index in [9.17, 15) is 13.6 Å². The number of amides is 1. The van der Waals surface area contributed by atoms with Gasteiger partial charge in [0.15, 0.2) is 6.54 Å². The minimum atomic E-state index is -2.53. The number of para-hydroxylation sites is 1. The molecule has 0 saturated heterocycles. The molecule has 134 valence electrons. The number of halogens is 2. The summed E-state index contributed by atoms with van der Waals surface area (Å²) in [5, 5.41) is 2.72. The third kappa shape index (κ3) is 6.36. The van der Waals surface area contributed by atoms with E-state index in [2.05, 4.69) is 5.32 Å². The second-order valence-corrected chi connectivity index (χ2v) is 6.61. The van der Waals surface area contributed by atoms with Crippen molar-refractivity contribution in [2.75, 3.05) is 26.0 Å². The van der Waals surface area contributed by atoms with E-state index < -0.39 is 5.76 Å². The smallest absolute Gasteiger partial charge is 0.288 e. The molecule has 0 aliphatic carbocycles. The van der Waals surface area contributed by atoms with Gasteiger partial charge in [-0.2, -0.15) is 8.78 Å². The summed E-state index contributed by atoms with van der Waals surface area (Å²) in [5.41, 5.74) is 1.50. The van der Waals surface area contributed by atoms with Gasteiger partial charge in [-0.3, -0.25) is 4.79 Å². The summed E-state index contributed by atoms with van der Waals surface area (Å²) in [7, 11) is 3.52. The molecule has 1 atom stereocenters. The predicted octanol–water partition coefficient (Wildman–Crippen LogP) is 2.66. The van der Waals surface area contributed by atoms with E-state index in [-0.39, 0.29) is 12.5 Å². The Balaban J connectivity index is 1.91. The zero-order valence-corrected chi connectivity index (χ0v) is 14.9. The van der Waals surface area contributed by atoms with Crippen LogP contribution in [-0.4, -0.2) is 32.4 Å². The standard InChI is InChI=1S/C18H20F2N2O2S/c1-22(11-13-7-9-14(24-2)10-8-13)12-17(23)21-15-5-3-4-6-16(15)25-18(19)20/h3-10,18H,11-12H2,1-2H3,(H,21,23)/p+1. The third-order valence-electron chi connectivity index (χ3n) is 3.50. The van der Waals surface area contributed by atoms with Crippen molar-refractivity contribution in [3.8, 4) is 5.75 Å². The van der Waals surface area contributed by atoms with Crippen LogP contribution >= 0.6 is 11.8 Å². The lowest BCUT2D eigenvalue weighted by Gasteiger charge is -2.15. The minimum absolute atomic E-state index is 0.215. The maximum Gasteiger partial charge on any atom is 0.288 e. The second kappa shape index (κ2) is 9.39. The lowest BCUT2D eigenvalue weighted by atomic mass is 10.2. The summed E-state index contributed by atoms with van der Waals surface area (Å²) in [6, 6.07) is 14.2. The molecule has 0 spiro atoms. The number of benzene rings is 2. The number of methoxy groups -OCH3 is 1. The molecule has 0 radical (unpaired) electrons. The van der Waals surface area contributed by atoms with Crippen LogP contribution in [0, 0.1) is 0 Å². The summed E-state index contributed by atoms with van der Waals surface area (Å²) in [5.74, 6) is -1.96. The number of hydrogen-bond donors (Lipinski definition) is 2. The Bertz CT molecular complexity index is 696. The molecule has 0 bridgehead atoms. The van der Waals surface area contributed by atoms with Gasteiger partial charge in [-0.15, -0.1) is 0 Å². The van der Waals surface area contributed by atoms with Crippen molar-refractivity contribution in [2.45, 2.75) is 17.2 Å². The molecule has 0 saturated carbocycles. The van der Waals surface area contributed by atoms with Crippen LogP contribution in [0.5, 0.6) is 5.75 Å². The zero-order valence-electron chi connectivity index (χ0n) is 14.1. The molecule has 0 aliphatic rings. The summed E-state index contributed by atoms with van der Waals surface area (Å²) in [4.78, 5) is 13.6. The summed E-state index contributed by atoms with van der Waals surface area (Å²) in [6.45, 7) is 0.907. The average Bonchev–Trinajstić information content (AvgIpc) is 2.56. The molecule has 0 heterocycles. The van der Waals surface area contributed by atoms with Crippen LogP contribution in [0.1, 0.15) is 5.56 Å². The summed E-state index contributed by atoms with van der Waals surface area (Å²) in [6.07, 6.45) is 0. The number of likely N-dealkylation sites (N-methyl/N-ethyl adjacent to an activating group) is 1. The molecule has 2 aromatic rings. The number of carbonyl (C=O) groups is 1. The summed E-state index contributed by atoms with van der Waals surface area (Å²) < 4.78 is 30.3. The first kappa shape index (κ1) is 19.2. The SMILES string of the molecule is COc1ccc(C[NH+](C)CC(=O)Nc2ccccc2SC(F)F)cc1. The lowest BCUT2D eigenvalue weighted by Crippen LogP contribution is -3.08. The van der Waals surface area contributed by atoms with Crippen molar-refractivity contribution in [1.82, 2.24) is 0 Å². The Labute approximate surface area is 150 Å². The highest BCUT2D eigenvalue weighted by molar-refractivity contribution is 7.99. The van der Waals surface area contributed by atoms with Gasteiger partial charge < -0.3 is 15.0 Å². The van der Waals surface area contributed by atoms with Gasteiger partial charge in [0.1, 0.15) is 12.3 Å². The van der Waals surface area contributed by atoms with Crippen molar-refractivity contribution in [3.63, 3.8) is 0 Å². The Morgan fingerprint density at radius 1 is 1.20 bits per heavy atom. The van der Waals surface area contributed by atoms with Crippen LogP contribution in [0.3, 0.4) is 0 Å². The summed E-state index contributed by atoms with van der Waals surface area (Å²) >= 11 is 0.425. The van der Waals surface area contributed by atoms with E-state index in [0.717, 1.165) is 16.2 Å². The molecule has 1 unspecified atom stereocenters. The molecule has 0 fully saturated rings. The first-order valence-electron chi connectivity index (χ1n) is 7.76. The fourth-order valence-corrected chi connectivity index (χ4v) is 2.99. The molecule has 0 aromatic heterocycles. The lowest BCUT2D eigenvalue weighted by molar-refractivity contribution is -0.885. The molecule has 7 heteroatoms. The Morgan fingerprint density at radius 2 is 1.88 bits per heavy atom. The van der Waals surface area contributed by atoms with E-state index in [1.807, 2.05) is 31.3 Å². The molecular formula is C18H21F2N2O2S+. The quantitative estimate of drug-likeness (QED) is 0.705. The minimum Gasteiger partial charge on any atom is -0.497 e. The average molecular weight is 367 g/mol. The topological polar surface area (TPSA) is 42.8 Å². The van der Waals surface area contributed by atoms with Crippen molar-refractivity contribution >= 4 is 23.4 Å². The first-order valence-corrected chi connectivity index (χ1v) is 8.64. The van der Waals surface area contributed by atoms with Gasteiger partial charge >= 0.3 is 0 Å². The van der Waals surface area contributed by atoms with Gasteiger partial charge in [0.25, 0.3) is 11.7 Å². The number of anilines is 1. The van der Waals surface area contributed by atoms with Crippen LogP contribution in [0.15, 0.2) is 53.4 Å². The van der Waals surface area contributed by atoms with Crippen LogP contribution in [0.25, 0.3) is 0 Å². The monoisotopic (exact) mass is 367 g/mol. The number of quaternary nitrogens is 1. The number of nitrogens with one attached hydrogen (secondary N) is 2. The Hall–Kier alpha value is -2.12. The second-order valence-electron chi connectivity index (χ2n) is 5.58. The maximum absolute atomic E-state index is 12.6. The molecule has 2 N–H and O–H groups in total. The van der Waals surface area contributed by atoms with Crippen LogP contribution in [-0.2, 0) is 11.3 Å². The fourth-order valence-electron chi connectivity index (χ4n) is 2.39. The van der Waals surface area contributed by atoms with Gasteiger partial charge in [0.05, 0.1) is 19.8 Å². The van der Waals surface area contributed by atoms with E-state index in [4.69, 9.17) is 4.74 Å². The van der Waals surface area contributed by atoms with Gasteiger partial charge in [-0.1, -0.05) is 23.9 Å². The molecule has 2 rings (SSSR count). The highest BCUT2D eigenvalue weighted by Gasteiger charge is 2.14. The van der Waals surface area contributed by atoms with Gasteiger partial charge in [0, 0.05) is 10.5 Å². The van der Waals surface area contributed by atoms with Crippen LogP contribution in [0.2, 0.25) is 0 Å². The molecule has 1 amide bonds. The zero-order chi connectivity index (χ0) is 18.2. The number of rotatable bonds is 8. The van der Waals surface area contributed by atoms with Gasteiger partial charge in [-0.25, -0.2) is 0 Å². The number of ether oxygens (including phenoxy) is 1. The molecule has 4 nitrogen and oxygen atoms in total. The normalized spacial score (nSPS) is 12.0. The molecular weight excluding hydrogens is 346 g/mol. The van der Waals surface area contributed by atoms with E-state index in [1.165, 1.54) is 0 Å². The van der Waals surface area contributed by atoms with Crippen LogP contribution in [0.4, 0.5) is 14.5 Å². The predicted molar refractivity (Wildman–Crippen MR) is 95.4 cm³/mol. The number of hydrogen-bond acceptors (Lipinski definition) is 3. The van der Waals surface area contributed by atoms with Crippen LogP contribution < -0.4 is 15.0 Å². The molecule has 0 aliphatic heterocycles. The van der Waals surface area contributed by atoms with Crippen molar-refractivity contribution in [2.24, 2.45) is 0 Å². The van der Waals surface area contributed by atoms with Crippen molar-refractivity contribution in [1.29, 1.82) is 0 Å².